The first-order chi connectivity index (χ1) is 8.56. The fourth-order valence-electron chi connectivity index (χ4n) is 1.24. The summed E-state index contributed by atoms with van der Waals surface area (Å²) < 4.78 is 1.97. The summed E-state index contributed by atoms with van der Waals surface area (Å²) in [4.78, 5) is 10.6. The molecular weight excluding hydrogens is 413 g/mol. The van der Waals surface area contributed by atoms with E-state index in [0.717, 1.165) is 13.7 Å². The standard InChI is InChI=1S/C11H7BrIN3O2/c12-7-2-1-6(13)5-9(7)14-10-4-3-8(11(17)18)15-16-10/h1-5H,(H,14,16)(H,17,18). The van der Waals surface area contributed by atoms with Crippen LogP contribution in [0.15, 0.2) is 34.8 Å². The number of carboxylic acids is 1. The number of aromatic nitrogens is 2. The van der Waals surface area contributed by atoms with E-state index in [1.807, 2.05) is 18.2 Å². The van der Waals surface area contributed by atoms with Crippen LogP contribution in [0.5, 0.6) is 0 Å². The summed E-state index contributed by atoms with van der Waals surface area (Å²) >= 11 is 5.62. The highest BCUT2D eigenvalue weighted by Gasteiger charge is 2.06. The predicted octanol–water partition coefficient (Wildman–Crippen LogP) is 3.29. The van der Waals surface area contributed by atoms with Gasteiger partial charge in [-0.25, -0.2) is 4.79 Å². The van der Waals surface area contributed by atoms with Gasteiger partial charge in [0.2, 0.25) is 0 Å². The Balaban J connectivity index is 2.23. The minimum Gasteiger partial charge on any atom is -0.476 e. The number of rotatable bonds is 3. The molecule has 0 amide bonds. The number of carbonyl (C=O) groups is 1. The Bertz CT molecular complexity index is 589. The highest BCUT2D eigenvalue weighted by molar-refractivity contribution is 14.1. The lowest BCUT2D eigenvalue weighted by Crippen LogP contribution is -2.03. The van der Waals surface area contributed by atoms with E-state index in [9.17, 15) is 4.79 Å². The molecule has 1 aromatic carbocycles. The van der Waals surface area contributed by atoms with Crippen molar-refractivity contribution in [3.8, 4) is 0 Å². The Labute approximate surface area is 125 Å². The molecule has 2 N–H and O–H groups in total. The smallest absolute Gasteiger partial charge is 0.356 e. The third kappa shape index (κ3) is 3.16. The summed E-state index contributed by atoms with van der Waals surface area (Å²) in [6.07, 6.45) is 0. The minimum absolute atomic E-state index is 0.0812. The van der Waals surface area contributed by atoms with Crippen LogP contribution in [0, 0.1) is 3.57 Å². The van der Waals surface area contributed by atoms with Crippen molar-refractivity contribution in [3.63, 3.8) is 0 Å². The first-order valence-electron chi connectivity index (χ1n) is 4.85. The second kappa shape index (κ2) is 5.61. The summed E-state index contributed by atoms with van der Waals surface area (Å²) in [7, 11) is 0. The normalized spacial score (nSPS) is 10.1. The number of anilines is 2. The summed E-state index contributed by atoms with van der Waals surface area (Å²) in [6, 6.07) is 8.80. The van der Waals surface area contributed by atoms with Gasteiger partial charge in [-0.1, -0.05) is 0 Å². The molecule has 1 aromatic heterocycles. The third-order valence-electron chi connectivity index (χ3n) is 2.07. The quantitative estimate of drug-likeness (QED) is 0.746. The minimum atomic E-state index is -1.09. The van der Waals surface area contributed by atoms with Crippen LogP contribution >= 0.6 is 38.5 Å². The monoisotopic (exact) mass is 419 g/mol. The highest BCUT2D eigenvalue weighted by atomic mass is 127. The molecule has 0 aliphatic rings. The van der Waals surface area contributed by atoms with Crippen molar-refractivity contribution in [1.82, 2.24) is 10.2 Å². The topological polar surface area (TPSA) is 75.1 Å². The van der Waals surface area contributed by atoms with Gasteiger partial charge < -0.3 is 10.4 Å². The summed E-state index contributed by atoms with van der Waals surface area (Å²) in [6.45, 7) is 0. The van der Waals surface area contributed by atoms with Crippen molar-refractivity contribution in [2.45, 2.75) is 0 Å². The van der Waals surface area contributed by atoms with Gasteiger partial charge in [-0.2, -0.15) is 0 Å². The molecule has 0 fully saturated rings. The first-order valence-corrected chi connectivity index (χ1v) is 6.72. The van der Waals surface area contributed by atoms with Crippen LogP contribution in [0.3, 0.4) is 0 Å². The Morgan fingerprint density at radius 1 is 1.28 bits per heavy atom. The number of aromatic carboxylic acids is 1. The number of nitrogens with one attached hydrogen (secondary N) is 1. The molecule has 0 unspecified atom stereocenters. The molecule has 0 saturated heterocycles. The maximum absolute atomic E-state index is 10.6. The molecule has 0 radical (unpaired) electrons. The zero-order valence-corrected chi connectivity index (χ0v) is 12.6. The largest absolute Gasteiger partial charge is 0.476 e. The Morgan fingerprint density at radius 3 is 2.67 bits per heavy atom. The summed E-state index contributed by atoms with van der Waals surface area (Å²) in [5.74, 6) is -0.604. The van der Waals surface area contributed by atoms with Crippen LogP contribution in [0.1, 0.15) is 10.5 Å². The molecule has 0 aliphatic carbocycles. The second-order valence-electron chi connectivity index (χ2n) is 3.36. The maximum Gasteiger partial charge on any atom is 0.356 e. The number of hydrogen-bond acceptors (Lipinski definition) is 4. The molecule has 1 heterocycles. The van der Waals surface area contributed by atoms with Gasteiger partial charge >= 0.3 is 5.97 Å². The van der Waals surface area contributed by atoms with Crippen molar-refractivity contribution >= 4 is 56.0 Å². The molecule has 0 bridgehead atoms. The van der Waals surface area contributed by atoms with Gasteiger partial charge in [-0.15, -0.1) is 10.2 Å². The molecule has 0 saturated carbocycles. The van der Waals surface area contributed by atoms with Gasteiger partial charge in [0.15, 0.2) is 11.5 Å². The van der Waals surface area contributed by atoms with Crippen LogP contribution in [0.2, 0.25) is 0 Å². The third-order valence-corrected chi connectivity index (χ3v) is 3.44. The van der Waals surface area contributed by atoms with Crippen LogP contribution in [0.4, 0.5) is 11.5 Å². The molecule has 0 spiro atoms. The van der Waals surface area contributed by atoms with E-state index < -0.39 is 5.97 Å². The fraction of sp³-hybridized carbons (Fsp3) is 0. The summed E-state index contributed by atoms with van der Waals surface area (Å²) in [5, 5.41) is 19.2. The van der Waals surface area contributed by atoms with E-state index in [4.69, 9.17) is 5.11 Å². The maximum atomic E-state index is 10.6. The average Bonchev–Trinajstić information content (AvgIpc) is 2.34. The van der Waals surface area contributed by atoms with E-state index in [2.05, 4.69) is 54.0 Å². The molecular formula is C11H7BrIN3O2. The Hall–Kier alpha value is -1.22. The SMILES string of the molecule is O=C(O)c1ccc(Nc2cc(I)ccc2Br)nn1. The Kier molecular flexibility index (Phi) is 4.12. The molecule has 0 atom stereocenters. The molecule has 18 heavy (non-hydrogen) atoms. The van der Waals surface area contributed by atoms with Crippen molar-refractivity contribution < 1.29 is 9.90 Å². The van der Waals surface area contributed by atoms with Crippen LogP contribution in [0.25, 0.3) is 0 Å². The van der Waals surface area contributed by atoms with Gasteiger partial charge in [-0.05, 0) is 68.9 Å². The van der Waals surface area contributed by atoms with E-state index in [1.165, 1.54) is 6.07 Å². The highest BCUT2D eigenvalue weighted by Crippen LogP contribution is 2.26. The molecule has 0 aliphatic heterocycles. The van der Waals surface area contributed by atoms with E-state index >= 15 is 0 Å². The van der Waals surface area contributed by atoms with Gasteiger partial charge in [0.25, 0.3) is 0 Å². The zero-order chi connectivity index (χ0) is 13.1. The van der Waals surface area contributed by atoms with E-state index in [-0.39, 0.29) is 5.69 Å². The number of carboxylic acid groups (broad SMARTS) is 1. The van der Waals surface area contributed by atoms with Gasteiger partial charge in [0, 0.05) is 8.04 Å². The molecule has 2 aromatic rings. The van der Waals surface area contributed by atoms with Crippen LogP contribution in [-0.4, -0.2) is 21.3 Å². The van der Waals surface area contributed by atoms with Gasteiger partial charge in [0.05, 0.1) is 5.69 Å². The number of hydrogen-bond donors (Lipinski definition) is 2. The van der Waals surface area contributed by atoms with E-state index in [1.54, 1.807) is 6.07 Å². The van der Waals surface area contributed by atoms with Crippen LogP contribution in [-0.2, 0) is 0 Å². The van der Waals surface area contributed by atoms with Gasteiger partial charge in [0.1, 0.15) is 0 Å². The van der Waals surface area contributed by atoms with Crippen molar-refractivity contribution in [2.75, 3.05) is 5.32 Å². The van der Waals surface area contributed by atoms with Crippen molar-refractivity contribution in [2.24, 2.45) is 0 Å². The van der Waals surface area contributed by atoms with Crippen LogP contribution < -0.4 is 5.32 Å². The van der Waals surface area contributed by atoms with Crippen molar-refractivity contribution in [1.29, 1.82) is 0 Å². The van der Waals surface area contributed by atoms with E-state index in [0.29, 0.717) is 5.82 Å². The number of nitrogens with zero attached hydrogens (tertiary/aromatic N) is 2. The molecule has 92 valence electrons. The van der Waals surface area contributed by atoms with Crippen molar-refractivity contribution in [3.05, 3.63) is 44.1 Å². The first kappa shape index (κ1) is 13.2. The predicted molar refractivity (Wildman–Crippen MR) is 79.1 cm³/mol. The number of halogens is 2. The lowest BCUT2D eigenvalue weighted by atomic mass is 10.3. The Morgan fingerprint density at radius 2 is 2.06 bits per heavy atom. The second-order valence-corrected chi connectivity index (χ2v) is 5.46. The lowest BCUT2D eigenvalue weighted by molar-refractivity contribution is 0.0689. The summed E-state index contributed by atoms with van der Waals surface area (Å²) in [5.41, 5.74) is 0.765. The molecule has 2 rings (SSSR count). The molecule has 5 nitrogen and oxygen atoms in total. The van der Waals surface area contributed by atoms with Gasteiger partial charge in [-0.3, -0.25) is 0 Å². The fourth-order valence-corrected chi connectivity index (χ4v) is 2.08. The number of benzene rings is 1. The zero-order valence-electron chi connectivity index (χ0n) is 8.89. The average molecular weight is 420 g/mol. The molecule has 7 heteroatoms. The lowest BCUT2D eigenvalue weighted by Gasteiger charge is -2.07.